The molecule has 0 heterocycles. The van der Waals surface area contributed by atoms with Crippen LogP contribution in [0.3, 0.4) is 0 Å². The Hall–Kier alpha value is -1.33. The van der Waals surface area contributed by atoms with Crippen LogP contribution < -0.4 is 0 Å². The number of hydrogen-bond donors (Lipinski definition) is 0. The monoisotopic (exact) mass is 516 g/mol. The molecule has 2 aliphatic carbocycles. The Kier molecular flexibility index (Phi) is 9.26. The summed E-state index contributed by atoms with van der Waals surface area (Å²) in [6.45, 7) is 24.2. The zero-order valence-corrected chi connectivity index (χ0v) is 25.2. The van der Waals surface area contributed by atoms with E-state index in [0.717, 1.165) is 6.42 Å². The second-order valence-electron chi connectivity index (χ2n) is 11.7. The molecule has 0 amide bonds. The summed E-state index contributed by atoms with van der Waals surface area (Å²) < 4.78 is 1.51. The minimum absolute atomic E-state index is 0.167. The van der Waals surface area contributed by atoms with Crippen LogP contribution in [0, 0.1) is 18.1 Å². The third kappa shape index (κ3) is 7.85. The predicted molar refractivity (Wildman–Crippen MR) is 143 cm³/mol. The van der Waals surface area contributed by atoms with Crippen LogP contribution in [-0.2, 0) is 41.5 Å². The van der Waals surface area contributed by atoms with Crippen LogP contribution in [0.5, 0.6) is 0 Å². The molecule has 0 spiro atoms. The van der Waals surface area contributed by atoms with Crippen LogP contribution in [0.4, 0.5) is 0 Å². The van der Waals surface area contributed by atoms with E-state index in [0.29, 0.717) is 5.92 Å². The van der Waals surface area contributed by atoms with E-state index in [-0.39, 0.29) is 10.8 Å². The number of benzene rings is 2. The molecule has 4 rings (SSSR count). The molecule has 0 nitrogen and oxygen atoms in total. The molecule has 0 saturated heterocycles. The second kappa shape index (κ2) is 10.9. The maximum absolute atomic E-state index is 3.67. The van der Waals surface area contributed by atoms with Crippen molar-refractivity contribution in [2.24, 2.45) is 5.92 Å². The standard InChI is InChI=1S/C21H25.C8H11.C3H6.Zr/c1-20(2,3)16-7-9-18-14(12-16)11-15-13-17(21(4,5)6)8-10-19(15)18;1-6-4-7(2)8(3)5-6;1-3-2;/h7-10,12H,11H2,1-6H3;4,6H,1-3H3;1-2H3;/q2*-1;;+2. The van der Waals surface area contributed by atoms with Crippen molar-refractivity contribution in [3.8, 4) is 11.1 Å². The van der Waals surface area contributed by atoms with Crippen molar-refractivity contribution >= 4 is 3.21 Å². The van der Waals surface area contributed by atoms with Gasteiger partial charge in [-0.3, -0.25) is 6.08 Å². The van der Waals surface area contributed by atoms with Crippen LogP contribution in [0.15, 0.2) is 47.6 Å². The third-order valence-corrected chi connectivity index (χ3v) is 6.00. The Bertz CT molecular complexity index is 981. The molecule has 33 heavy (non-hydrogen) atoms. The number of rotatable bonds is 0. The summed E-state index contributed by atoms with van der Waals surface area (Å²) in [5.74, 6) is 0.551. The summed E-state index contributed by atoms with van der Waals surface area (Å²) in [7, 11) is 0. The molecule has 2 aliphatic rings. The maximum atomic E-state index is 3.67. The first-order chi connectivity index (χ1) is 15.1. The van der Waals surface area contributed by atoms with E-state index in [4.69, 9.17) is 0 Å². The van der Waals surface area contributed by atoms with Crippen molar-refractivity contribution in [2.45, 2.75) is 93.4 Å². The molecule has 174 valence electrons. The number of allylic oxidation sites excluding steroid dienone is 4. The van der Waals surface area contributed by atoms with Gasteiger partial charge in [0.1, 0.15) is 0 Å². The molecule has 0 bridgehead atoms. The molecule has 2 aromatic rings. The second-order valence-corrected chi connectivity index (χ2v) is 14.2. The van der Waals surface area contributed by atoms with Crippen molar-refractivity contribution in [1.82, 2.24) is 0 Å². The molecule has 1 heteroatoms. The van der Waals surface area contributed by atoms with Gasteiger partial charge in [-0.25, -0.2) is 11.1 Å². The molecule has 0 aliphatic heterocycles. The van der Waals surface area contributed by atoms with Gasteiger partial charge in [0.2, 0.25) is 0 Å². The zero-order chi connectivity index (χ0) is 25.1. The Balaban J connectivity index is 0.000000265. The first kappa shape index (κ1) is 27.9. The van der Waals surface area contributed by atoms with E-state index in [1.54, 1.807) is 24.2 Å². The van der Waals surface area contributed by atoms with E-state index >= 15 is 0 Å². The molecule has 0 fully saturated rings. The van der Waals surface area contributed by atoms with E-state index in [1.165, 1.54) is 47.7 Å². The first-order valence-electron chi connectivity index (χ1n) is 12.1. The topological polar surface area (TPSA) is 0 Å². The van der Waals surface area contributed by atoms with Gasteiger partial charge in [0.15, 0.2) is 0 Å². The van der Waals surface area contributed by atoms with E-state index in [9.17, 15) is 0 Å². The molecule has 0 saturated carbocycles. The normalized spacial score (nSPS) is 16.5. The summed E-state index contributed by atoms with van der Waals surface area (Å²) in [6.07, 6.45) is 6.55. The van der Waals surface area contributed by atoms with Crippen molar-refractivity contribution in [2.75, 3.05) is 0 Å². The SMILES string of the molecule is CC(C)(C)c1[c-]c2c(cc1)-c1ccc(C(C)(C)C)cc1C2.CC1=[C-]C(C)C=C1C.C[C](C)=[Zr+2]. The fourth-order valence-corrected chi connectivity index (χ4v) is 4.02. The van der Waals surface area contributed by atoms with Gasteiger partial charge in [0.25, 0.3) is 0 Å². The van der Waals surface area contributed by atoms with Crippen LogP contribution in [-0.4, -0.2) is 3.21 Å². The Morgan fingerprint density at radius 2 is 1.48 bits per heavy atom. The summed E-state index contributed by atoms with van der Waals surface area (Å²) in [4.78, 5) is 0. The third-order valence-electron chi connectivity index (χ3n) is 6.00. The van der Waals surface area contributed by atoms with Crippen LogP contribution in [0.25, 0.3) is 11.1 Å². The van der Waals surface area contributed by atoms with E-state index in [1.807, 2.05) is 0 Å². The van der Waals surface area contributed by atoms with Gasteiger partial charge < -0.3 is 0 Å². The number of hydrogen-bond acceptors (Lipinski definition) is 0. The van der Waals surface area contributed by atoms with Crippen molar-refractivity contribution in [1.29, 1.82) is 0 Å². The van der Waals surface area contributed by atoms with Gasteiger partial charge in [-0.05, 0) is 28.4 Å². The average molecular weight is 518 g/mol. The van der Waals surface area contributed by atoms with Crippen LogP contribution in [0.1, 0.15) is 98.4 Å². The average Bonchev–Trinajstić information content (AvgIpc) is 3.17. The van der Waals surface area contributed by atoms with Gasteiger partial charge >= 0.3 is 41.3 Å². The van der Waals surface area contributed by atoms with Crippen LogP contribution in [0.2, 0.25) is 0 Å². The predicted octanol–water partition coefficient (Wildman–Crippen LogP) is 8.73. The summed E-state index contributed by atoms with van der Waals surface area (Å²) in [5, 5.41) is 0. The fourth-order valence-electron chi connectivity index (χ4n) is 4.02. The Morgan fingerprint density at radius 1 is 0.909 bits per heavy atom. The van der Waals surface area contributed by atoms with E-state index < -0.39 is 0 Å². The molecule has 0 N–H and O–H groups in total. The molecular formula is C32H42Zr. The molecule has 1 unspecified atom stereocenters. The van der Waals surface area contributed by atoms with Crippen molar-refractivity contribution in [3.63, 3.8) is 0 Å². The van der Waals surface area contributed by atoms with Gasteiger partial charge in [0, 0.05) is 0 Å². The van der Waals surface area contributed by atoms with Gasteiger partial charge in [-0.1, -0.05) is 85.1 Å². The molecule has 0 radical (unpaired) electrons. The molecule has 1 atom stereocenters. The van der Waals surface area contributed by atoms with Crippen LogP contribution >= 0.6 is 0 Å². The van der Waals surface area contributed by atoms with Crippen molar-refractivity contribution < 1.29 is 24.2 Å². The zero-order valence-electron chi connectivity index (χ0n) is 22.7. The Labute approximate surface area is 218 Å². The van der Waals surface area contributed by atoms with Gasteiger partial charge in [-0.15, -0.1) is 18.1 Å². The fraction of sp³-hybridized carbons (Fsp3) is 0.469. The quantitative estimate of drug-likeness (QED) is 0.262. The molecular weight excluding hydrogens is 476 g/mol. The van der Waals surface area contributed by atoms with E-state index in [2.05, 4.69) is 125 Å². The van der Waals surface area contributed by atoms with Gasteiger partial charge in [-0.2, -0.15) is 29.8 Å². The summed E-state index contributed by atoms with van der Waals surface area (Å²) in [6, 6.07) is 15.2. The summed E-state index contributed by atoms with van der Waals surface area (Å²) >= 11 is 1.55. The molecule has 2 aromatic carbocycles. The minimum atomic E-state index is 0.167. The Morgan fingerprint density at radius 3 is 1.91 bits per heavy atom. The van der Waals surface area contributed by atoms with Gasteiger partial charge in [0.05, 0.1) is 0 Å². The molecule has 0 aromatic heterocycles. The van der Waals surface area contributed by atoms with Crippen molar-refractivity contribution in [3.05, 3.63) is 82.0 Å². The summed E-state index contributed by atoms with van der Waals surface area (Å²) in [5.41, 5.74) is 11.4. The number of fused-ring (bicyclic) bond motifs is 3. The first-order valence-corrected chi connectivity index (χ1v) is 13.3.